The maximum atomic E-state index is 12.7. The number of aromatic nitrogens is 6. The number of hydrogen-bond donors (Lipinski definition) is 1. The standard InChI is InChI=1S/C16H23N7O3S/c1-3-8-22-13(17)12(14(25)21(2)16(22)26)11(24)9-27-15-18-19-20-23(15)10-6-4-5-7-10/h10H,3-9,17H2,1-2H3. The topological polar surface area (TPSA) is 131 Å². The van der Waals surface area contributed by atoms with Crippen molar-refractivity contribution in [1.82, 2.24) is 29.3 Å². The minimum absolute atomic E-state index is 0.0309. The summed E-state index contributed by atoms with van der Waals surface area (Å²) in [4.78, 5) is 37.4. The van der Waals surface area contributed by atoms with E-state index < -0.39 is 17.0 Å². The van der Waals surface area contributed by atoms with Crippen molar-refractivity contribution >= 4 is 23.4 Å². The van der Waals surface area contributed by atoms with Gasteiger partial charge in [0.25, 0.3) is 5.56 Å². The zero-order chi connectivity index (χ0) is 19.6. The van der Waals surface area contributed by atoms with Crippen LogP contribution in [0.5, 0.6) is 0 Å². The molecule has 27 heavy (non-hydrogen) atoms. The SMILES string of the molecule is CCCn1c(N)c(C(=O)CSc2nnnn2C2CCCC2)c(=O)n(C)c1=O. The van der Waals surface area contributed by atoms with Gasteiger partial charge in [0.15, 0.2) is 5.78 Å². The number of ketones is 1. The van der Waals surface area contributed by atoms with E-state index in [1.165, 1.54) is 23.4 Å². The van der Waals surface area contributed by atoms with Gasteiger partial charge in [-0.15, -0.1) is 5.10 Å². The maximum absolute atomic E-state index is 12.7. The minimum Gasteiger partial charge on any atom is -0.384 e. The van der Waals surface area contributed by atoms with Crippen molar-refractivity contribution < 1.29 is 4.79 Å². The highest BCUT2D eigenvalue weighted by Gasteiger charge is 2.24. The van der Waals surface area contributed by atoms with Crippen LogP contribution in [0.2, 0.25) is 0 Å². The van der Waals surface area contributed by atoms with Crippen molar-refractivity contribution in [2.75, 3.05) is 11.5 Å². The fraction of sp³-hybridized carbons (Fsp3) is 0.625. The first-order valence-corrected chi connectivity index (χ1v) is 9.97. The predicted molar refractivity (Wildman–Crippen MR) is 101 cm³/mol. The second-order valence-electron chi connectivity index (χ2n) is 6.61. The molecule has 11 heteroatoms. The number of carbonyl (C=O) groups is 1. The summed E-state index contributed by atoms with van der Waals surface area (Å²) in [6.07, 6.45) is 4.96. The summed E-state index contributed by atoms with van der Waals surface area (Å²) >= 11 is 1.18. The van der Waals surface area contributed by atoms with Crippen LogP contribution in [0, 0.1) is 0 Å². The van der Waals surface area contributed by atoms with E-state index in [9.17, 15) is 14.4 Å². The Hall–Kier alpha value is -2.43. The molecular weight excluding hydrogens is 370 g/mol. The number of hydrogen-bond acceptors (Lipinski definition) is 8. The Labute approximate surface area is 159 Å². The number of nitrogens with two attached hydrogens (primary N) is 1. The van der Waals surface area contributed by atoms with Gasteiger partial charge in [0.2, 0.25) is 5.16 Å². The maximum Gasteiger partial charge on any atom is 0.332 e. The summed E-state index contributed by atoms with van der Waals surface area (Å²) in [6, 6.07) is 0.252. The molecule has 0 atom stereocenters. The van der Waals surface area contributed by atoms with Crippen molar-refractivity contribution in [3.8, 4) is 0 Å². The van der Waals surface area contributed by atoms with Gasteiger partial charge < -0.3 is 5.73 Å². The summed E-state index contributed by atoms with van der Waals surface area (Å²) < 4.78 is 3.94. The fourth-order valence-electron chi connectivity index (χ4n) is 3.35. The largest absolute Gasteiger partial charge is 0.384 e. The Morgan fingerprint density at radius 1 is 1.30 bits per heavy atom. The van der Waals surface area contributed by atoms with E-state index >= 15 is 0 Å². The molecule has 0 aliphatic heterocycles. The Morgan fingerprint density at radius 2 is 2.00 bits per heavy atom. The Kier molecular flexibility index (Phi) is 5.78. The molecule has 0 aromatic carbocycles. The van der Waals surface area contributed by atoms with Gasteiger partial charge in [0.1, 0.15) is 11.4 Å². The van der Waals surface area contributed by atoms with Crippen LogP contribution in [0.3, 0.4) is 0 Å². The lowest BCUT2D eigenvalue weighted by Crippen LogP contribution is -2.42. The molecular formula is C16H23N7O3S. The number of rotatable bonds is 7. The van der Waals surface area contributed by atoms with E-state index in [2.05, 4.69) is 15.5 Å². The van der Waals surface area contributed by atoms with Crippen LogP contribution in [-0.4, -0.2) is 40.9 Å². The van der Waals surface area contributed by atoms with Crippen LogP contribution >= 0.6 is 11.8 Å². The third-order valence-corrected chi connectivity index (χ3v) is 5.71. The highest BCUT2D eigenvalue weighted by atomic mass is 32.2. The van der Waals surface area contributed by atoms with E-state index in [1.807, 2.05) is 6.92 Å². The summed E-state index contributed by atoms with van der Waals surface area (Å²) in [5.41, 5.74) is 4.64. The number of Topliss-reactive ketones (excluding diaryl/α,β-unsaturated/α-hetero) is 1. The van der Waals surface area contributed by atoms with Crippen molar-refractivity contribution in [2.45, 2.75) is 56.8 Å². The molecule has 146 valence electrons. The average molecular weight is 393 g/mol. The Balaban J connectivity index is 1.84. The lowest BCUT2D eigenvalue weighted by Gasteiger charge is -2.14. The van der Waals surface area contributed by atoms with Crippen molar-refractivity contribution in [3.63, 3.8) is 0 Å². The molecule has 0 bridgehead atoms. The number of carbonyl (C=O) groups excluding carboxylic acids is 1. The van der Waals surface area contributed by atoms with Gasteiger partial charge >= 0.3 is 5.69 Å². The third kappa shape index (κ3) is 3.68. The van der Waals surface area contributed by atoms with Crippen molar-refractivity contribution in [3.05, 3.63) is 26.4 Å². The number of anilines is 1. The molecule has 1 saturated carbocycles. The monoisotopic (exact) mass is 393 g/mol. The third-order valence-electron chi connectivity index (χ3n) is 4.77. The Morgan fingerprint density at radius 3 is 2.67 bits per heavy atom. The van der Waals surface area contributed by atoms with Gasteiger partial charge in [-0.05, 0) is 29.7 Å². The molecule has 1 aliphatic carbocycles. The van der Waals surface area contributed by atoms with Crippen LogP contribution in [0.15, 0.2) is 14.7 Å². The van der Waals surface area contributed by atoms with Gasteiger partial charge in [-0.3, -0.25) is 18.7 Å². The van der Waals surface area contributed by atoms with Gasteiger partial charge in [-0.2, -0.15) is 0 Å². The second-order valence-corrected chi connectivity index (χ2v) is 7.56. The number of nitrogen functional groups attached to an aromatic ring is 1. The molecule has 2 N–H and O–H groups in total. The first kappa shape index (κ1) is 19.3. The molecule has 2 aromatic rings. The molecule has 1 aliphatic rings. The quantitative estimate of drug-likeness (QED) is 0.535. The highest BCUT2D eigenvalue weighted by Crippen LogP contribution is 2.31. The molecule has 2 heterocycles. The highest BCUT2D eigenvalue weighted by molar-refractivity contribution is 7.99. The summed E-state index contributed by atoms with van der Waals surface area (Å²) in [6.45, 7) is 2.23. The van der Waals surface area contributed by atoms with Gasteiger partial charge in [0.05, 0.1) is 11.8 Å². The summed E-state index contributed by atoms with van der Waals surface area (Å²) in [7, 11) is 1.35. The molecule has 0 spiro atoms. The van der Waals surface area contributed by atoms with E-state index in [4.69, 9.17) is 5.73 Å². The van der Waals surface area contributed by atoms with Crippen LogP contribution in [-0.2, 0) is 13.6 Å². The smallest absolute Gasteiger partial charge is 0.332 e. The van der Waals surface area contributed by atoms with Crippen molar-refractivity contribution in [2.24, 2.45) is 7.05 Å². The van der Waals surface area contributed by atoms with Gasteiger partial charge in [-0.1, -0.05) is 31.5 Å². The minimum atomic E-state index is -0.675. The number of thioether (sulfide) groups is 1. The first-order chi connectivity index (χ1) is 13.0. The molecule has 0 unspecified atom stereocenters. The zero-order valence-electron chi connectivity index (χ0n) is 15.4. The first-order valence-electron chi connectivity index (χ1n) is 8.98. The van der Waals surface area contributed by atoms with E-state index in [-0.39, 0.29) is 23.2 Å². The molecule has 2 aromatic heterocycles. The molecule has 3 rings (SSSR count). The lowest BCUT2D eigenvalue weighted by atomic mass is 10.2. The van der Waals surface area contributed by atoms with E-state index in [0.717, 1.165) is 30.3 Å². The van der Waals surface area contributed by atoms with Gasteiger partial charge in [0, 0.05) is 13.6 Å². The summed E-state index contributed by atoms with van der Waals surface area (Å²) in [5, 5.41) is 12.3. The van der Waals surface area contributed by atoms with Crippen LogP contribution < -0.4 is 17.0 Å². The molecule has 1 fully saturated rings. The molecule has 0 radical (unpaired) electrons. The predicted octanol–water partition coefficient (Wildman–Crippen LogP) is 0.616. The molecule has 0 saturated heterocycles. The van der Waals surface area contributed by atoms with E-state index in [0.29, 0.717) is 18.1 Å². The molecule has 10 nitrogen and oxygen atoms in total. The summed E-state index contributed by atoms with van der Waals surface area (Å²) in [5.74, 6) is -0.550. The normalized spacial score (nSPS) is 14.7. The van der Waals surface area contributed by atoms with Crippen LogP contribution in [0.1, 0.15) is 55.4 Å². The average Bonchev–Trinajstić information content (AvgIpc) is 3.33. The van der Waals surface area contributed by atoms with Crippen LogP contribution in [0.4, 0.5) is 5.82 Å². The Bertz CT molecular complexity index is 956. The molecule has 0 amide bonds. The van der Waals surface area contributed by atoms with Gasteiger partial charge in [-0.25, -0.2) is 9.48 Å². The fourth-order valence-corrected chi connectivity index (χ4v) is 4.16. The zero-order valence-corrected chi connectivity index (χ0v) is 16.2. The lowest BCUT2D eigenvalue weighted by molar-refractivity contribution is 0.102. The second kappa shape index (κ2) is 8.07. The number of tetrazole rings is 1. The van der Waals surface area contributed by atoms with Crippen molar-refractivity contribution in [1.29, 1.82) is 0 Å². The van der Waals surface area contributed by atoms with Crippen LogP contribution in [0.25, 0.3) is 0 Å². The van der Waals surface area contributed by atoms with E-state index in [1.54, 1.807) is 4.68 Å². The number of nitrogens with zero attached hydrogens (tertiary/aromatic N) is 6.